The number of carbonyl (C=O) groups is 1. The van der Waals surface area contributed by atoms with E-state index in [9.17, 15) is 4.79 Å². The average molecular weight is 346 g/mol. The van der Waals surface area contributed by atoms with Crippen molar-refractivity contribution in [2.45, 2.75) is 45.3 Å². The summed E-state index contributed by atoms with van der Waals surface area (Å²) in [5.41, 5.74) is 1.78. The summed E-state index contributed by atoms with van der Waals surface area (Å²) in [5.74, 6) is 1.30. The number of fused-ring (bicyclic) bond motifs is 1. The molecule has 0 saturated carbocycles. The van der Waals surface area contributed by atoms with E-state index >= 15 is 0 Å². The van der Waals surface area contributed by atoms with Crippen LogP contribution in [0, 0.1) is 0 Å². The lowest BCUT2D eigenvalue weighted by Gasteiger charge is -2.32. The molecule has 4 nitrogen and oxygen atoms in total. The summed E-state index contributed by atoms with van der Waals surface area (Å²) >= 11 is 4.43. The maximum atomic E-state index is 11.9. The topological polar surface area (TPSA) is 44.8 Å². The molecule has 0 N–H and O–H groups in total. The van der Waals surface area contributed by atoms with E-state index in [-0.39, 0.29) is 17.0 Å². The lowest BCUT2D eigenvalue weighted by molar-refractivity contribution is 0.00578. The number of rotatable bonds is 3. The fourth-order valence-corrected chi connectivity index (χ4v) is 3.00. The van der Waals surface area contributed by atoms with Gasteiger partial charge >= 0.3 is 7.12 Å². The first-order chi connectivity index (χ1) is 11.2. The van der Waals surface area contributed by atoms with Crippen LogP contribution in [-0.4, -0.2) is 36.5 Å². The van der Waals surface area contributed by atoms with Gasteiger partial charge in [0.15, 0.2) is 5.78 Å². The highest BCUT2D eigenvalue weighted by Gasteiger charge is 2.52. The van der Waals surface area contributed by atoms with Crippen molar-refractivity contribution in [3.8, 4) is 5.75 Å². The van der Waals surface area contributed by atoms with Gasteiger partial charge in [-0.1, -0.05) is 12.1 Å². The molecule has 3 rings (SSSR count). The van der Waals surface area contributed by atoms with Crippen molar-refractivity contribution in [2.24, 2.45) is 0 Å². The van der Waals surface area contributed by atoms with Crippen LogP contribution in [0.5, 0.6) is 5.75 Å². The molecule has 24 heavy (non-hydrogen) atoms. The number of ether oxygens (including phenoxy) is 1. The number of hydrogen-bond donors (Lipinski definition) is 1. The number of ketones is 1. The van der Waals surface area contributed by atoms with Crippen LogP contribution in [0.3, 0.4) is 0 Å². The second kappa shape index (κ2) is 6.25. The molecule has 2 heterocycles. The fourth-order valence-electron chi connectivity index (χ4n) is 2.76. The van der Waals surface area contributed by atoms with Gasteiger partial charge in [-0.25, -0.2) is 0 Å². The minimum Gasteiger partial charge on any atom is -0.492 e. The minimum atomic E-state index is -0.425. The molecule has 0 radical (unpaired) electrons. The first-order valence-electron chi connectivity index (χ1n) is 8.20. The summed E-state index contributed by atoms with van der Waals surface area (Å²) in [7, 11) is -0.425. The third-order valence-electron chi connectivity index (χ3n) is 4.98. The minimum absolute atomic E-state index is 0.132. The molecular formula is C18H23BO4S. The molecule has 1 aromatic rings. The molecule has 0 atom stereocenters. The molecule has 0 amide bonds. The Balaban J connectivity index is 1.88. The molecule has 0 aliphatic carbocycles. The Morgan fingerprint density at radius 1 is 1.25 bits per heavy atom. The van der Waals surface area contributed by atoms with Crippen molar-refractivity contribution in [2.75, 3.05) is 12.4 Å². The van der Waals surface area contributed by atoms with Gasteiger partial charge in [-0.15, -0.1) is 0 Å². The van der Waals surface area contributed by atoms with Gasteiger partial charge in [-0.05, 0) is 50.9 Å². The highest BCUT2D eigenvalue weighted by molar-refractivity contribution is 7.80. The zero-order valence-electron chi connectivity index (χ0n) is 14.6. The van der Waals surface area contributed by atoms with Gasteiger partial charge < -0.3 is 14.0 Å². The monoisotopic (exact) mass is 346 g/mol. The van der Waals surface area contributed by atoms with Crippen LogP contribution < -0.4 is 4.74 Å². The van der Waals surface area contributed by atoms with E-state index in [4.69, 9.17) is 14.0 Å². The molecule has 1 aromatic carbocycles. The second-order valence-electron chi connectivity index (χ2n) is 7.24. The number of hydrogen-bond acceptors (Lipinski definition) is 5. The Bertz CT molecular complexity index is 680. The van der Waals surface area contributed by atoms with Crippen LogP contribution in [0.4, 0.5) is 0 Å². The van der Waals surface area contributed by atoms with E-state index in [2.05, 4.69) is 12.6 Å². The largest absolute Gasteiger partial charge is 0.492 e. The zero-order valence-corrected chi connectivity index (χ0v) is 15.5. The SMILES string of the molecule is CC1(C)OB(C(=Cc2ccc3c(c2)OCCC3=O)CS)OC1(C)C. The molecule has 0 bridgehead atoms. The highest BCUT2D eigenvalue weighted by Crippen LogP contribution is 2.39. The van der Waals surface area contributed by atoms with Crippen molar-refractivity contribution in [1.29, 1.82) is 0 Å². The number of thiol groups is 1. The van der Waals surface area contributed by atoms with Gasteiger partial charge in [0.25, 0.3) is 0 Å². The van der Waals surface area contributed by atoms with Crippen molar-refractivity contribution >= 4 is 31.6 Å². The number of benzene rings is 1. The van der Waals surface area contributed by atoms with E-state index in [1.807, 2.05) is 52.0 Å². The summed E-state index contributed by atoms with van der Waals surface area (Å²) in [6.07, 6.45) is 2.44. The van der Waals surface area contributed by atoms with Crippen molar-refractivity contribution in [3.63, 3.8) is 0 Å². The third-order valence-corrected chi connectivity index (χ3v) is 5.35. The van der Waals surface area contributed by atoms with Gasteiger partial charge in [0.2, 0.25) is 0 Å². The molecule has 6 heteroatoms. The predicted molar refractivity (Wildman–Crippen MR) is 98.8 cm³/mol. The van der Waals surface area contributed by atoms with Gasteiger partial charge in [0.05, 0.1) is 23.4 Å². The molecule has 128 valence electrons. The maximum Gasteiger partial charge on any atom is 0.491 e. The molecular weight excluding hydrogens is 323 g/mol. The van der Waals surface area contributed by atoms with Gasteiger partial charge in [-0.2, -0.15) is 12.6 Å². The Hall–Kier alpha value is -1.24. The van der Waals surface area contributed by atoms with Crippen LogP contribution in [0.1, 0.15) is 50.0 Å². The van der Waals surface area contributed by atoms with E-state index in [1.54, 1.807) is 0 Å². The maximum absolute atomic E-state index is 11.9. The first kappa shape index (κ1) is 17.6. The highest BCUT2D eigenvalue weighted by atomic mass is 32.1. The zero-order chi connectivity index (χ0) is 17.5. The van der Waals surface area contributed by atoms with Crippen molar-refractivity contribution in [1.82, 2.24) is 0 Å². The van der Waals surface area contributed by atoms with Gasteiger partial charge in [0, 0.05) is 12.2 Å². The standard InChI is InChI=1S/C18H23BO4S/c1-17(2)18(3,4)23-19(22-17)13(11-24)9-12-5-6-14-15(20)7-8-21-16(14)10-12/h5-6,9-10,24H,7-8,11H2,1-4H3. The molecule has 0 aromatic heterocycles. The number of carbonyl (C=O) groups excluding carboxylic acids is 1. The first-order valence-corrected chi connectivity index (χ1v) is 8.84. The Morgan fingerprint density at radius 2 is 1.92 bits per heavy atom. The number of Topliss-reactive ketones (excluding diaryl/α,β-unsaturated/α-hetero) is 1. The van der Waals surface area contributed by atoms with Gasteiger partial charge in [-0.3, -0.25) is 4.79 Å². The smallest absolute Gasteiger partial charge is 0.491 e. The van der Waals surface area contributed by atoms with Crippen molar-refractivity contribution in [3.05, 3.63) is 34.8 Å². The summed E-state index contributed by atoms with van der Waals surface area (Å²) in [6.45, 7) is 8.56. The van der Waals surface area contributed by atoms with Crippen LogP contribution in [0.25, 0.3) is 6.08 Å². The van der Waals surface area contributed by atoms with E-state index in [1.165, 1.54) is 0 Å². The predicted octanol–water partition coefficient (Wildman–Crippen LogP) is 3.60. The molecule has 1 fully saturated rings. The Morgan fingerprint density at radius 3 is 2.54 bits per heavy atom. The van der Waals surface area contributed by atoms with Crippen LogP contribution in [-0.2, 0) is 9.31 Å². The normalized spacial score (nSPS) is 22.3. The Kier molecular flexibility index (Phi) is 4.58. The lowest BCUT2D eigenvalue weighted by Crippen LogP contribution is -2.41. The summed E-state index contributed by atoms with van der Waals surface area (Å²) < 4.78 is 17.8. The Labute approximate surface area is 149 Å². The van der Waals surface area contributed by atoms with Crippen LogP contribution in [0.2, 0.25) is 0 Å². The summed E-state index contributed by atoms with van der Waals surface area (Å²) in [5, 5.41) is 0. The van der Waals surface area contributed by atoms with E-state index < -0.39 is 7.12 Å². The molecule has 0 unspecified atom stereocenters. The molecule has 2 aliphatic rings. The molecule has 2 aliphatic heterocycles. The van der Waals surface area contributed by atoms with E-state index in [0.717, 1.165) is 11.0 Å². The second-order valence-corrected chi connectivity index (χ2v) is 7.56. The third kappa shape index (κ3) is 3.15. The van der Waals surface area contributed by atoms with E-state index in [0.29, 0.717) is 30.1 Å². The molecule has 1 saturated heterocycles. The van der Waals surface area contributed by atoms with Crippen molar-refractivity contribution < 1.29 is 18.8 Å². The van der Waals surface area contributed by atoms with Gasteiger partial charge in [0.1, 0.15) is 5.75 Å². The quantitative estimate of drug-likeness (QED) is 0.671. The summed E-state index contributed by atoms with van der Waals surface area (Å²) in [4.78, 5) is 11.9. The van der Waals surface area contributed by atoms with Crippen LogP contribution in [0.15, 0.2) is 23.7 Å². The van der Waals surface area contributed by atoms with Crippen LogP contribution >= 0.6 is 12.6 Å². The molecule has 0 spiro atoms. The lowest BCUT2D eigenvalue weighted by atomic mass is 9.78. The average Bonchev–Trinajstić information content (AvgIpc) is 2.73. The summed E-state index contributed by atoms with van der Waals surface area (Å²) in [6, 6.07) is 5.63. The fraction of sp³-hybridized carbons (Fsp3) is 0.500.